The summed E-state index contributed by atoms with van der Waals surface area (Å²) in [7, 11) is 0. The number of aromatic nitrogens is 1. The third-order valence-electron chi connectivity index (χ3n) is 2.99. The molecule has 16 heavy (non-hydrogen) atoms. The van der Waals surface area contributed by atoms with Gasteiger partial charge in [0.2, 0.25) is 0 Å². The van der Waals surface area contributed by atoms with Crippen molar-refractivity contribution in [1.29, 1.82) is 0 Å². The smallest absolute Gasteiger partial charge is 0.287 e. The van der Waals surface area contributed by atoms with Crippen molar-refractivity contribution >= 4 is 11.5 Å². The number of hydrogen-bond donors (Lipinski definition) is 1. The molecule has 1 N–H and O–H groups in total. The maximum absolute atomic E-state index is 10.5. The van der Waals surface area contributed by atoms with Crippen LogP contribution < -0.4 is 5.32 Å². The van der Waals surface area contributed by atoms with Gasteiger partial charge in [-0.1, -0.05) is 6.92 Å². The van der Waals surface area contributed by atoms with Crippen LogP contribution in [0.2, 0.25) is 0 Å². The Morgan fingerprint density at radius 1 is 1.56 bits per heavy atom. The molecule has 0 atom stereocenters. The number of anilines is 1. The Balaban J connectivity index is 2.07. The van der Waals surface area contributed by atoms with E-state index in [1.807, 2.05) is 6.92 Å². The molecule has 0 aliphatic heterocycles. The maximum Gasteiger partial charge on any atom is 0.287 e. The van der Waals surface area contributed by atoms with Crippen LogP contribution >= 0.6 is 0 Å². The summed E-state index contributed by atoms with van der Waals surface area (Å²) in [6.07, 6.45) is 3.60. The van der Waals surface area contributed by atoms with E-state index in [0.717, 1.165) is 30.1 Å². The van der Waals surface area contributed by atoms with Crippen LogP contribution in [0.4, 0.5) is 11.5 Å². The zero-order chi connectivity index (χ0) is 11.7. The molecule has 1 saturated carbocycles. The fourth-order valence-corrected chi connectivity index (χ4v) is 2.02. The molecule has 1 aromatic heterocycles. The summed E-state index contributed by atoms with van der Waals surface area (Å²) in [5.41, 5.74) is 0.874. The summed E-state index contributed by atoms with van der Waals surface area (Å²) in [4.78, 5) is 14.2. The molecule has 5 nitrogen and oxygen atoms in total. The summed E-state index contributed by atoms with van der Waals surface area (Å²) >= 11 is 0. The van der Waals surface area contributed by atoms with Gasteiger partial charge in [-0.05, 0) is 31.2 Å². The van der Waals surface area contributed by atoms with Gasteiger partial charge in [0, 0.05) is 12.1 Å². The molecule has 1 aromatic rings. The fraction of sp³-hybridized carbons (Fsp3) is 0.545. The van der Waals surface area contributed by atoms with E-state index in [0.29, 0.717) is 6.04 Å². The fourth-order valence-electron chi connectivity index (χ4n) is 2.02. The summed E-state index contributed by atoms with van der Waals surface area (Å²) in [5, 5.41) is 13.9. The van der Waals surface area contributed by atoms with Gasteiger partial charge in [0.05, 0.1) is 4.92 Å². The molecule has 2 rings (SSSR count). The molecule has 1 aliphatic rings. The number of aryl methyl sites for hydroxylation is 1. The van der Waals surface area contributed by atoms with E-state index < -0.39 is 4.92 Å². The van der Waals surface area contributed by atoms with Gasteiger partial charge < -0.3 is 5.32 Å². The van der Waals surface area contributed by atoms with Crippen LogP contribution in [-0.2, 0) is 0 Å². The minimum Gasteiger partial charge on any atom is -0.367 e. The highest BCUT2D eigenvalue weighted by Crippen LogP contribution is 2.30. The van der Waals surface area contributed by atoms with Crippen LogP contribution in [0.3, 0.4) is 0 Å². The summed E-state index contributed by atoms with van der Waals surface area (Å²) in [6, 6.07) is 2.03. The number of nitro groups is 1. The largest absolute Gasteiger partial charge is 0.367 e. The molecule has 0 spiro atoms. The highest BCUT2D eigenvalue weighted by Gasteiger charge is 2.25. The normalized spacial score (nSPS) is 23.6. The van der Waals surface area contributed by atoms with Crippen molar-refractivity contribution in [3.63, 3.8) is 0 Å². The minimum atomic E-state index is -0.421. The molecule has 1 aliphatic carbocycles. The van der Waals surface area contributed by atoms with Gasteiger partial charge in [-0.3, -0.25) is 10.1 Å². The van der Waals surface area contributed by atoms with Gasteiger partial charge in [0.25, 0.3) is 5.69 Å². The van der Waals surface area contributed by atoms with Gasteiger partial charge in [0.1, 0.15) is 12.0 Å². The second-order valence-corrected chi connectivity index (χ2v) is 4.53. The van der Waals surface area contributed by atoms with E-state index >= 15 is 0 Å². The number of hydrogen-bond acceptors (Lipinski definition) is 4. The molecule has 0 amide bonds. The van der Waals surface area contributed by atoms with E-state index in [-0.39, 0.29) is 5.69 Å². The Morgan fingerprint density at radius 2 is 2.25 bits per heavy atom. The minimum absolute atomic E-state index is 0.0463. The lowest BCUT2D eigenvalue weighted by Crippen LogP contribution is -2.34. The van der Waals surface area contributed by atoms with Crippen LogP contribution in [0.5, 0.6) is 0 Å². The van der Waals surface area contributed by atoms with Crippen LogP contribution in [0, 0.1) is 23.0 Å². The Morgan fingerprint density at radius 3 is 2.75 bits per heavy atom. The van der Waals surface area contributed by atoms with Crippen molar-refractivity contribution in [3.8, 4) is 0 Å². The molecule has 0 aromatic carbocycles. The highest BCUT2D eigenvalue weighted by atomic mass is 16.6. The molecule has 0 unspecified atom stereocenters. The average molecular weight is 221 g/mol. The number of pyridine rings is 1. The van der Waals surface area contributed by atoms with Gasteiger partial charge in [-0.25, -0.2) is 4.98 Å². The molecule has 0 saturated heterocycles. The number of nitrogens with zero attached hydrogens (tertiary/aromatic N) is 2. The van der Waals surface area contributed by atoms with Crippen molar-refractivity contribution in [2.45, 2.75) is 32.7 Å². The molecular weight excluding hydrogens is 206 g/mol. The topological polar surface area (TPSA) is 68.1 Å². The first-order valence-electron chi connectivity index (χ1n) is 5.44. The van der Waals surface area contributed by atoms with E-state index in [1.54, 1.807) is 6.07 Å². The Bertz CT molecular complexity index is 414. The Labute approximate surface area is 94.0 Å². The van der Waals surface area contributed by atoms with Gasteiger partial charge in [0.15, 0.2) is 0 Å². The van der Waals surface area contributed by atoms with Crippen molar-refractivity contribution in [1.82, 2.24) is 4.98 Å². The van der Waals surface area contributed by atoms with Crippen molar-refractivity contribution in [2.24, 2.45) is 5.92 Å². The maximum atomic E-state index is 10.5. The van der Waals surface area contributed by atoms with E-state index in [2.05, 4.69) is 17.2 Å². The van der Waals surface area contributed by atoms with E-state index in [9.17, 15) is 10.1 Å². The van der Waals surface area contributed by atoms with Gasteiger partial charge in [-0.2, -0.15) is 0 Å². The molecule has 1 fully saturated rings. The van der Waals surface area contributed by atoms with Crippen molar-refractivity contribution in [2.75, 3.05) is 5.32 Å². The monoisotopic (exact) mass is 221 g/mol. The van der Waals surface area contributed by atoms with E-state index in [4.69, 9.17) is 0 Å². The first-order chi connectivity index (χ1) is 7.56. The van der Waals surface area contributed by atoms with Crippen LogP contribution in [0.1, 0.15) is 25.3 Å². The zero-order valence-corrected chi connectivity index (χ0v) is 9.43. The first-order valence-corrected chi connectivity index (χ1v) is 5.44. The SMILES string of the molecule is Cc1cc([N+](=O)[O-])cnc1NC1CC(C)C1. The van der Waals surface area contributed by atoms with Crippen LogP contribution in [0.25, 0.3) is 0 Å². The average Bonchev–Trinajstić information content (AvgIpc) is 2.18. The van der Waals surface area contributed by atoms with E-state index in [1.165, 1.54) is 6.20 Å². The van der Waals surface area contributed by atoms with Gasteiger partial charge >= 0.3 is 0 Å². The molecule has 86 valence electrons. The highest BCUT2D eigenvalue weighted by molar-refractivity contribution is 5.49. The molecular formula is C11H15N3O2. The first kappa shape index (κ1) is 10.9. The third kappa shape index (κ3) is 2.13. The number of nitrogens with one attached hydrogen (secondary N) is 1. The summed E-state index contributed by atoms with van der Waals surface area (Å²) < 4.78 is 0. The van der Waals surface area contributed by atoms with Gasteiger partial charge in [-0.15, -0.1) is 0 Å². The van der Waals surface area contributed by atoms with Crippen molar-refractivity contribution < 1.29 is 4.92 Å². The summed E-state index contributed by atoms with van der Waals surface area (Å²) in [5.74, 6) is 1.54. The Hall–Kier alpha value is -1.65. The quantitative estimate of drug-likeness (QED) is 0.629. The number of rotatable bonds is 3. The van der Waals surface area contributed by atoms with Crippen LogP contribution in [0.15, 0.2) is 12.3 Å². The predicted molar refractivity (Wildman–Crippen MR) is 61.4 cm³/mol. The predicted octanol–water partition coefficient (Wildman–Crippen LogP) is 2.51. The lowest BCUT2D eigenvalue weighted by molar-refractivity contribution is -0.385. The lowest BCUT2D eigenvalue weighted by Gasteiger charge is -2.33. The Kier molecular flexibility index (Phi) is 2.77. The molecule has 1 heterocycles. The standard InChI is InChI=1S/C11H15N3O2/c1-7-3-9(4-7)13-11-8(2)5-10(6-12-11)14(15)16/h5-7,9H,3-4H2,1-2H3,(H,12,13). The zero-order valence-electron chi connectivity index (χ0n) is 9.43. The molecule has 5 heteroatoms. The molecule has 0 bridgehead atoms. The van der Waals surface area contributed by atoms with Crippen molar-refractivity contribution in [3.05, 3.63) is 27.9 Å². The third-order valence-corrected chi connectivity index (χ3v) is 2.99. The van der Waals surface area contributed by atoms with Crippen LogP contribution in [-0.4, -0.2) is 15.9 Å². The lowest BCUT2D eigenvalue weighted by atomic mass is 9.82. The summed E-state index contributed by atoms with van der Waals surface area (Å²) in [6.45, 7) is 4.05. The second-order valence-electron chi connectivity index (χ2n) is 4.53. The molecule has 0 radical (unpaired) electrons. The second kappa shape index (κ2) is 4.08.